The molecule has 1 rings (SSSR count). The number of rotatable bonds is 7. The smallest absolute Gasteiger partial charge is 0.150 e. The topological polar surface area (TPSA) is 34.9 Å². The Morgan fingerprint density at radius 1 is 1.53 bits per heavy atom. The van der Waals surface area contributed by atoms with Crippen LogP contribution < -0.4 is 0 Å². The summed E-state index contributed by atoms with van der Waals surface area (Å²) in [6, 6.07) is 0. The van der Waals surface area contributed by atoms with Crippen LogP contribution in [0.2, 0.25) is 0 Å². The molecule has 0 bridgehead atoms. The average molecular weight is 226 g/mol. The Hall–Kier alpha value is -0.770. The van der Waals surface area contributed by atoms with Gasteiger partial charge in [0.1, 0.15) is 11.6 Å². The Labute approximate surface area is 95.3 Å². The maximum absolute atomic E-state index is 11.6. The normalized spacial score (nSPS) is 10.5. The zero-order valence-electron chi connectivity index (χ0n) is 9.40. The highest BCUT2D eigenvalue weighted by atomic mass is 32.2. The van der Waals surface area contributed by atoms with E-state index in [0.717, 1.165) is 24.5 Å². The molecule has 3 nitrogen and oxygen atoms in total. The van der Waals surface area contributed by atoms with Gasteiger partial charge in [-0.3, -0.25) is 4.79 Å². The molecule has 0 amide bonds. The summed E-state index contributed by atoms with van der Waals surface area (Å²) in [6.45, 7) is 5.06. The number of thioether (sulfide) groups is 1. The number of aromatic nitrogens is 2. The molecular weight excluding hydrogens is 208 g/mol. The van der Waals surface area contributed by atoms with Crippen LogP contribution in [0.4, 0.5) is 0 Å². The molecular formula is C11H18N2OS. The standard InChI is InChI=1S/C11H18N2OS/c1-3-7-15-9-10(14)8-11-12-5-6-13(11)4-2/h5-6H,3-4,7-9H2,1-2H3. The SMILES string of the molecule is CCCSCC(=O)Cc1nccn1CC. The number of hydrogen-bond acceptors (Lipinski definition) is 3. The second kappa shape index (κ2) is 6.67. The summed E-state index contributed by atoms with van der Waals surface area (Å²) in [5, 5.41) is 0. The minimum absolute atomic E-state index is 0.273. The first-order valence-electron chi connectivity index (χ1n) is 5.37. The molecule has 0 atom stereocenters. The maximum atomic E-state index is 11.6. The first-order valence-corrected chi connectivity index (χ1v) is 6.52. The monoisotopic (exact) mass is 226 g/mol. The number of aryl methyl sites for hydroxylation is 1. The summed E-state index contributed by atoms with van der Waals surface area (Å²) in [7, 11) is 0. The van der Waals surface area contributed by atoms with Crippen LogP contribution in [0.25, 0.3) is 0 Å². The van der Waals surface area contributed by atoms with Crippen LogP contribution in [0.3, 0.4) is 0 Å². The van der Waals surface area contributed by atoms with Crippen molar-refractivity contribution in [2.45, 2.75) is 33.2 Å². The van der Waals surface area contributed by atoms with E-state index in [1.807, 2.05) is 10.8 Å². The molecule has 0 aliphatic carbocycles. The molecule has 1 aromatic heterocycles. The highest BCUT2D eigenvalue weighted by molar-refractivity contribution is 7.99. The van der Waals surface area contributed by atoms with Crippen molar-refractivity contribution in [1.82, 2.24) is 9.55 Å². The fraction of sp³-hybridized carbons (Fsp3) is 0.636. The van der Waals surface area contributed by atoms with E-state index in [1.165, 1.54) is 0 Å². The molecule has 1 heterocycles. The second-order valence-electron chi connectivity index (χ2n) is 3.40. The Morgan fingerprint density at radius 3 is 3.00 bits per heavy atom. The summed E-state index contributed by atoms with van der Waals surface area (Å²) in [5.74, 6) is 2.84. The predicted molar refractivity (Wildman–Crippen MR) is 64.2 cm³/mol. The van der Waals surface area contributed by atoms with Crippen molar-refractivity contribution >= 4 is 17.5 Å². The van der Waals surface area contributed by atoms with Gasteiger partial charge in [-0.1, -0.05) is 6.92 Å². The average Bonchev–Trinajstić information content (AvgIpc) is 2.65. The quantitative estimate of drug-likeness (QED) is 0.668. The van der Waals surface area contributed by atoms with Gasteiger partial charge in [0.25, 0.3) is 0 Å². The van der Waals surface area contributed by atoms with Gasteiger partial charge in [-0.15, -0.1) is 0 Å². The molecule has 0 fully saturated rings. The van der Waals surface area contributed by atoms with Gasteiger partial charge in [0.2, 0.25) is 0 Å². The molecule has 84 valence electrons. The molecule has 4 heteroatoms. The van der Waals surface area contributed by atoms with E-state index in [2.05, 4.69) is 18.8 Å². The van der Waals surface area contributed by atoms with Gasteiger partial charge in [-0.2, -0.15) is 11.8 Å². The summed E-state index contributed by atoms with van der Waals surface area (Å²) in [5.41, 5.74) is 0. The highest BCUT2D eigenvalue weighted by Crippen LogP contribution is 2.05. The third-order valence-electron chi connectivity index (χ3n) is 2.11. The highest BCUT2D eigenvalue weighted by Gasteiger charge is 2.07. The van der Waals surface area contributed by atoms with E-state index in [9.17, 15) is 4.79 Å². The summed E-state index contributed by atoms with van der Waals surface area (Å²) in [4.78, 5) is 15.8. The first-order chi connectivity index (χ1) is 7.27. The molecule has 0 spiro atoms. The van der Waals surface area contributed by atoms with Crippen LogP contribution >= 0.6 is 11.8 Å². The number of nitrogens with zero attached hydrogens (tertiary/aromatic N) is 2. The fourth-order valence-corrected chi connectivity index (χ4v) is 2.12. The number of carbonyl (C=O) groups excluding carboxylic acids is 1. The van der Waals surface area contributed by atoms with Crippen molar-refractivity contribution < 1.29 is 4.79 Å². The molecule has 0 radical (unpaired) electrons. The van der Waals surface area contributed by atoms with Crippen molar-refractivity contribution in [3.63, 3.8) is 0 Å². The largest absolute Gasteiger partial charge is 0.335 e. The van der Waals surface area contributed by atoms with Crippen LogP contribution in [0.15, 0.2) is 12.4 Å². The van der Waals surface area contributed by atoms with E-state index in [0.29, 0.717) is 12.2 Å². The molecule has 0 saturated carbocycles. The number of hydrogen-bond donors (Lipinski definition) is 0. The van der Waals surface area contributed by atoms with E-state index in [4.69, 9.17) is 0 Å². The Bertz CT molecular complexity index is 309. The van der Waals surface area contributed by atoms with Gasteiger partial charge >= 0.3 is 0 Å². The Morgan fingerprint density at radius 2 is 2.33 bits per heavy atom. The van der Waals surface area contributed by atoms with E-state index >= 15 is 0 Å². The van der Waals surface area contributed by atoms with Gasteiger partial charge in [0, 0.05) is 18.9 Å². The predicted octanol–water partition coefficient (Wildman–Crippen LogP) is 2.16. The van der Waals surface area contributed by atoms with Crippen LogP contribution in [-0.2, 0) is 17.8 Å². The molecule has 0 aromatic carbocycles. The van der Waals surface area contributed by atoms with E-state index in [1.54, 1.807) is 18.0 Å². The van der Waals surface area contributed by atoms with E-state index < -0.39 is 0 Å². The van der Waals surface area contributed by atoms with Gasteiger partial charge in [0.15, 0.2) is 0 Å². The maximum Gasteiger partial charge on any atom is 0.150 e. The molecule has 0 saturated heterocycles. The summed E-state index contributed by atoms with van der Waals surface area (Å²) in [6.07, 6.45) is 5.27. The lowest BCUT2D eigenvalue weighted by Gasteiger charge is -2.03. The first kappa shape index (κ1) is 12.3. The molecule has 15 heavy (non-hydrogen) atoms. The minimum atomic E-state index is 0.273. The number of carbonyl (C=O) groups is 1. The second-order valence-corrected chi connectivity index (χ2v) is 4.50. The summed E-state index contributed by atoms with van der Waals surface area (Å²) >= 11 is 1.71. The van der Waals surface area contributed by atoms with Crippen molar-refractivity contribution in [3.05, 3.63) is 18.2 Å². The minimum Gasteiger partial charge on any atom is -0.335 e. The Balaban J connectivity index is 2.37. The summed E-state index contributed by atoms with van der Waals surface area (Å²) < 4.78 is 2.02. The van der Waals surface area contributed by atoms with E-state index in [-0.39, 0.29) is 5.78 Å². The van der Waals surface area contributed by atoms with Crippen molar-refractivity contribution in [1.29, 1.82) is 0 Å². The molecule has 0 aliphatic heterocycles. The Kier molecular flexibility index (Phi) is 5.47. The van der Waals surface area contributed by atoms with Crippen LogP contribution in [0, 0.1) is 0 Å². The van der Waals surface area contributed by atoms with Crippen LogP contribution in [0.5, 0.6) is 0 Å². The van der Waals surface area contributed by atoms with Gasteiger partial charge in [-0.25, -0.2) is 4.98 Å². The van der Waals surface area contributed by atoms with Crippen molar-refractivity contribution in [3.8, 4) is 0 Å². The van der Waals surface area contributed by atoms with Crippen molar-refractivity contribution in [2.24, 2.45) is 0 Å². The zero-order valence-corrected chi connectivity index (χ0v) is 10.2. The molecule has 0 aliphatic rings. The number of ketones is 1. The van der Waals surface area contributed by atoms with Gasteiger partial charge in [-0.05, 0) is 19.1 Å². The molecule has 0 N–H and O–H groups in total. The lowest BCUT2D eigenvalue weighted by atomic mass is 10.3. The van der Waals surface area contributed by atoms with Crippen LogP contribution in [0.1, 0.15) is 26.1 Å². The molecule has 1 aromatic rings. The lowest BCUT2D eigenvalue weighted by Crippen LogP contribution is -2.11. The number of Topliss-reactive ketones (excluding diaryl/α,β-unsaturated/α-hetero) is 1. The van der Waals surface area contributed by atoms with Gasteiger partial charge < -0.3 is 4.57 Å². The lowest BCUT2D eigenvalue weighted by molar-refractivity contribution is -0.116. The zero-order chi connectivity index (χ0) is 11.1. The van der Waals surface area contributed by atoms with Crippen molar-refractivity contribution in [2.75, 3.05) is 11.5 Å². The third-order valence-corrected chi connectivity index (χ3v) is 3.33. The third kappa shape index (κ3) is 4.08. The molecule has 0 unspecified atom stereocenters. The number of imidazole rings is 1. The van der Waals surface area contributed by atoms with Crippen LogP contribution in [-0.4, -0.2) is 26.8 Å². The fourth-order valence-electron chi connectivity index (χ4n) is 1.35. The van der Waals surface area contributed by atoms with Gasteiger partial charge in [0.05, 0.1) is 12.2 Å².